The van der Waals surface area contributed by atoms with Crippen molar-refractivity contribution in [2.45, 2.75) is 482 Å². The first kappa shape index (κ1) is 114. The molecule has 10 atom stereocenters. The van der Waals surface area contributed by atoms with E-state index in [9.17, 15) is 0 Å². The SMILES string of the molecule is CC(C)C1C(C)C2C(C)C(C)C(C)C2C1C.CC1=C(C(C)C)C(C)c2c(C)c(C)c(C)c(C)c21.CC1=C(C)C(C)c2c(C)c(C(C)C)c(C)c(C)c21.Cc1c(C)c(C)c(C(C)C)c(C)c1C.Cc1c(C)c(C)c(C(C)C)c(C)c1C.Cc1c(C)c(C)c2c(C)c(C(C)C)c(C)c(C)c2c1C.Cc1c(C)c(C)c2c(C)n(C(C)C)c(C)c2c1C.Cc1c2c(c(C)n1C(C)C)C(C)C(C)C2C. The zero-order chi connectivity index (χ0) is 103. The highest BCUT2D eigenvalue weighted by Crippen LogP contribution is 2.62. The van der Waals surface area contributed by atoms with Crippen LogP contribution in [0.1, 0.15) is 494 Å². The second-order valence-corrected chi connectivity index (χ2v) is 47.6. The maximum absolute atomic E-state index is 2.53. The summed E-state index contributed by atoms with van der Waals surface area (Å²) >= 11 is 0. The molecule has 2 heterocycles. The van der Waals surface area contributed by atoms with Crippen molar-refractivity contribution in [3.63, 3.8) is 0 Å². The van der Waals surface area contributed by atoms with Crippen molar-refractivity contribution >= 4 is 32.7 Å². The van der Waals surface area contributed by atoms with Crippen molar-refractivity contribution in [2.75, 3.05) is 0 Å². The molecule has 2 fully saturated rings. The smallest absolute Gasteiger partial charge is 0.0279 e. The predicted molar refractivity (Wildman–Crippen MR) is 604 cm³/mol. The molecule has 14 rings (SSSR count). The first-order valence-corrected chi connectivity index (χ1v) is 53.6. The summed E-state index contributed by atoms with van der Waals surface area (Å²) in [6.07, 6.45) is 0. The average molecular weight is 1820 g/mol. The number of nitrogens with zero attached hydrogens (tertiary/aromatic N) is 2. The summed E-state index contributed by atoms with van der Waals surface area (Å²) in [5.74, 6) is 15.1. The Morgan fingerprint density at radius 3 is 0.769 bits per heavy atom. The topological polar surface area (TPSA) is 9.86 Å². The molecule has 742 valence electrons. The molecular weight excluding hydrogens is 1610 g/mol. The van der Waals surface area contributed by atoms with E-state index in [-0.39, 0.29) is 0 Å². The molecule has 0 amide bonds. The second-order valence-electron chi connectivity index (χ2n) is 47.6. The highest BCUT2D eigenvalue weighted by atomic mass is 15.0. The normalized spacial score (nSPS) is 21.0. The summed E-state index contributed by atoms with van der Waals surface area (Å²) in [6, 6.07) is 1.11. The number of fused-ring (bicyclic) bond motifs is 6. The fraction of sp³-hybridized carbons (Fsp3) is 0.621. The lowest BCUT2D eigenvalue weighted by molar-refractivity contribution is 0.178. The van der Waals surface area contributed by atoms with E-state index in [1.807, 2.05) is 0 Å². The van der Waals surface area contributed by atoms with Gasteiger partial charge in [-0.2, -0.15) is 0 Å². The molecule has 0 bridgehead atoms. The third-order valence-electron chi connectivity index (χ3n) is 38.7. The Balaban J connectivity index is 0.000000209. The van der Waals surface area contributed by atoms with Gasteiger partial charge in [-0.1, -0.05) is 163 Å². The number of hydrogen-bond donors (Lipinski definition) is 0. The van der Waals surface area contributed by atoms with Crippen molar-refractivity contribution in [3.8, 4) is 0 Å². The number of aryl methyl sites for hydroxylation is 8. The fourth-order valence-electron chi connectivity index (χ4n) is 29.5. The summed E-state index contributed by atoms with van der Waals surface area (Å²) in [6.45, 7) is 141. The van der Waals surface area contributed by atoms with Crippen LogP contribution in [-0.4, -0.2) is 9.13 Å². The minimum absolute atomic E-state index is 0.525. The van der Waals surface area contributed by atoms with Crippen molar-refractivity contribution in [3.05, 3.63) is 245 Å². The third kappa shape index (κ3) is 20.2. The maximum atomic E-state index is 2.53. The molecule has 5 aliphatic carbocycles. The average Bonchev–Trinajstić information content (AvgIpc) is 1.40. The first-order valence-electron chi connectivity index (χ1n) is 53.6. The lowest BCUT2D eigenvalue weighted by atomic mass is 9.75. The molecule has 0 radical (unpaired) electrons. The van der Waals surface area contributed by atoms with Gasteiger partial charge in [0.15, 0.2) is 0 Å². The number of allylic oxidation sites excluding steroid dienone is 4. The number of aromatic nitrogens is 2. The van der Waals surface area contributed by atoms with Gasteiger partial charge in [-0.3, -0.25) is 0 Å². The Morgan fingerprint density at radius 1 is 0.194 bits per heavy atom. The van der Waals surface area contributed by atoms with Crippen LogP contribution in [0.15, 0.2) is 11.1 Å². The Bertz CT molecular complexity index is 5700. The van der Waals surface area contributed by atoms with Crippen LogP contribution < -0.4 is 0 Å². The summed E-state index contributed by atoms with van der Waals surface area (Å²) in [5.41, 5.74) is 69.2. The van der Waals surface area contributed by atoms with Gasteiger partial charge in [0.1, 0.15) is 0 Å². The van der Waals surface area contributed by atoms with Crippen LogP contribution in [0.2, 0.25) is 0 Å². The monoisotopic (exact) mass is 1820 g/mol. The molecule has 9 aromatic rings. The van der Waals surface area contributed by atoms with Gasteiger partial charge in [0.25, 0.3) is 0 Å². The van der Waals surface area contributed by atoms with E-state index in [1.165, 1.54) is 211 Å². The third-order valence-corrected chi connectivity index (χ3v) is 38.7. The van der Waals surface area contributed by atoms with Crippen LogP contribution in [0.4, 0.5) is 0 Å². The summed E-state index contributed by atoms with van der Waals surface area (Å²) in [4.78, 5) is 0. The molecule has 2 aromatic heterocycles. The Labute approximate surface area is 828 Å². The Kier molecular flexibility index (Phi) is 37.3. The van der Waals surface area contributed by atoms with Crippen LogP contribution in [0, 0.1) is 287 Å². The van der Waals surface area contributed by atoms with Gasteiger partial charge in [-0.05, 0) is 604 Å². The van der Waals surface area contributed by atoms with Crippen LogP contribution >= 0.6 is 0 Å². The molecule has 2 saturated carbocycles. The van der Waals surface area contributed by atoms with Crippen LogP contribution in [0.25, 0.3) is 32.7 Å². The Hall–Kier alpha value is -6.90. The van der Waals surface area contributed by atoms with E-state index in [2.05, 4.69) is 431 Å². The van der Waals surface area contributed by atoms with Gasteiger partial charge in [-0.15, -0.1) is 0 Å². The predicted octanol–water partition coefficient (Wildman–Crippen LogP) is 40.3. The van der Waals surface area contributed by atoms with Gasteiger partial charge in [0.2, 0.25) is 0 Å². The van der Waals surface area contributed by atoms with Crippen LogP contribution in [0.5, 0.6) is 0 Å². The van der Waals surface area contributed by atoms with E-state index >= 15 is 0 Å². The van der Waals surface area contributed by atoms with Gasteiger partial charge < -0.3 is 9.13 Å². The van der Waals surface area contributed by atoms with Gasteiger partial charge in [-0.25, -0.2) is 0 Å². The Morgan fingerprint density at radius 2 is 0.440 bits per heavy atom. The molecule has 0 N–H and O–H groups in total. The van der Waals surface area contributed by atoms with Crippen LogP contribution in [0.3, 0.4) is 0 Å². The molecule has 7 aromatic carbocycles. The molecule has 10 unspecified atom stereocenters. The number of rotatable bonds is 8. The number of hydrogen-bond acceptors (Lipinski definition) is 0. The molecule has 0 saturated heterocycles. The largest absolute Gasteiger partial charge is 0.346 e. The van der Waals surface area contributed by atoms with Gasteiger partial charge in [0.05, 0.1) is 0 Å². The lowest BCUT2D eigenvalue weighted by Crippen LogP contribution is -2.25. The minimum atomic E-state index is 0.525. The van der Waals surface area contributed by atoms with Crippen molar-refractivity contribution in [1.29, 1.82) is 0 Å². The summed E-state index contributed by atoms with van der Waals surface area (Å²) in [5, 5.41) is 5.94. The second kappa shape index (κ2) is 43.9. The summed E-state index contributed by atoms with van der Waals surface area (Å²) < 4.78 is 4.99. The molecule has 2 heteroatoms. The van der Waals surface area contributed by atoms with E-state index in [1.54, 1.807) is 66.8 Å². The van der Waals surface area contributed by atoms with E-state index in [0.29, 0.717) is 53.5 Å². The number of benzene rings is 7. The van der Waals surface area contributed by atoms with E-state index < -0.39 is 0 Å². The standard InChI is InChI=1S/C20H28.2C18H26.C17H25N.C16H30.C15H25N.2C14H22/c1-10(2)18-15(7)16(8)19-13(5)11(3)12(4)14(6)20(19)17(18)9;1-9(2)16-13(6)14(7)17-11(4)10(3)12(5)18(17)15(16)8;1-9(2)16-14(7)17-12(5)10(3)11(4)13(6)18(17)15(16)8;1-9(2)18-14(7)16-12(5)10(3)11(4)13(6)17(16)15(18)8;1-8(2)14-12(6)15-10(4)9(3)11(5)16(15)13(14)7;1-8(2)16-12(6)14-10(4)9(3)11(5)15(14)13(16)7;2*1-8(2)14-12(6)10(4)9(3)11(5)13(14)7/h10H,1-9H3;9,12H,1-8H3;9,14H,1-8H3;9H,1-8H3;8-16H,1-7H3;8-11H,1-7H3;2*8H,1-7H3. The minimum Gasteiger partial charge on any atom is -0.346 e. The molecular formula is C132H204N2. The molecule has 0 spiro atoms. The zero-order valence-corrected chi connectivity index (χ0v) is 99.0. The molecule has 0 aliphatic heterocycles. The highest BCUT2D eigenvalue weighted by molar-refractivity contribution is 5.98. The molecule has 5 aliphatic rings. The van der Waals surface area contributed by atoms with Gasteiger partial charge >= 0.3 is 0 Å². The lowest BCUT2D eigenvalue weighted by Gasteiger charge is -2.31. The maximum Gasteiger partial charge on any atom is 0.0279 e. The first-order chi connectivity index (χ1) is 61.6. The quantitative estimate of drug-likeness (QED) is 0.143. The zero-order valence-electron chi connectivity index (χ0n) is 99.0. The van der Waals surface area contributed by atoms with Crippen molar-refractivity contribution in [1.82, 2.24) is 9.13 Å². The van der Waals surface area contributed by atoms with Crippen molar-refractivity contribution < 1.29 is 0 Å². The van der Waals surface area contributed by atoms with E-state index in [0.717, 1.165) is 71.0 Å². The van der Waals surface area contributed by atoms with Crippen LogP contribution in [-0.2, 0) is 0 Å². The highest BCUT2D eigenvalue weighted by Gasteiger charge is 2.57. The van der Waals surface area contributed by atoms with Crippen molar-refractivity contribution in [2.24, 2.45) is 65.1 Å². The van der Waals surface area contributed by atoms with E-state index in [4.69, 9.17) is 0 Å². The fourth-order valence-corrected chi connectivity index (χ4v) is 29.5. The summed E-state index contributed by atoms with van der Waals surface area (Å²) in [7, 11) is 0. The van der Waals surface area contributed by atoms with Gasteiger partial charge in [0, 0.05) is 57.5 Å². The molecule has 134 heavy (non-hydrogen) atoms. The molecule has 2 nitrogen and oxygen atoms in total.